The summed E-state index contributed by atoms with van der Waals surface area (Å²) in [6.45, 7) is 1.48. The van der Waals surface area contributed by atoms with Crippen LogP contribution >= 0.6 is 11.8 Å². The zero-order chi connectivity index (χ0) is 21.5. The number of ketones is 1. The molecule has 0 atom stereocenters. The molecule has 0 bridgehead atoms. The molecule has 6 heteroatoms. The van der Waals surface area contributed by atoms with Gasteiger partial charge in [0, 0.05) is 23.5 Å². The maximum absolute atomic E-state index is 12.9. The van der Waals surface area contributed by atoms with Gasteiger partial charge in [0.15, 0.2) is 5.78 Å². The van der Waals surface area contributed by atoms with Crippen LogP contribution in [-0.2, 0) is 4.79 Å². The number of hydrogen-bond acceptors (Lipinski definition) is 4. The normalized spacial score (nSPS) is 14.2. The second kappa shape index (κ2) is 10.4. The van der Waals surface area contributed by atoms with Gasteiger partial charge in [-0.3, -0.25) is 14.4 Å². The molecule has 1 N–H and O–H groups in total. The largest absolute Gasteiger partial charge is 0.342 e. The van der Waals surface area contributed by atoms with Gasteiger partial charge < -0.3 is 10.2 Å². The van der Waals surface area contributed by atoms with Gasteiger partial charge in [0.1, 0.15) is 0 Å². The van der Waals surface area contributed by atoms with Crippen molar-refractivity contribution in [3.63, 3.8) is 0 Å². The fraction of sp³-hybridized carbons (Fsp3) is 0.375. The van der Waals surface area contributed by atoms with Gasteiger partial charge in [0.2, 0.25) is 5.91 Å². The van der Waals surface area contributed by atoms with Crippen LogP contribution in [0.15, 0.2) is 53.4 Å². The second-order valence-corrected chi connectivity index (χ2v) is 8.65. The molecule has 1 aliphatic carbocycles. The van der Waals surface area contributed by atoms with Crippen molar-refractivity contribution in [2.45, 2.75) is 50.0 Å². The predicted octanol–water partition coefficient (Wildman–Crippen LogP) is 5.02. The first-order chi connectivity index (χ1) is 14.5. The Hall–Kier alpha value is -2.60. The number of benzene rings is 2. The van der Waals surface area contributed by atoms with E-state index in [9.17, 15) is 14.4 Å². The Kier molecular flexibility index (Phi) is 7.69. The van der Waals surface area contributed by atoms with E-state index >= 15 is 0 Å². The second-order valence-electron chi connectivity index (χ2n) is 7.64. The van der Waals surface area contributed by atoms with Crippen molar-refractivity contribution in [1.82, 2.24) is 4.90 Å². The third-order valence-electron chi connectivity index (χ3n) is 5.55. The summed E-state index contributed by atoms with van der Waals surface area (Å²) >= 11 is 1.38. The maximum Gasteiger partial charge on any atom is 0.256 e. The van der Waals surface area contributed by atoms with E-state index in [1.165, 1.54) is 37.9 Å². The van der Waals surface area contributed by atoms with E-state index < -0.39 is 0 Å². The van der Waals surface area contributed by atoms with Gasteiger partial charge in [-0.1, -0.05) is 43.5 Å². The third-order valence-corrected chi connectivity index (χ3v) is 6.61. The van der Waals surface area contributed by atoms with Gasteiger partial charge in [-0.05, 0) is 44.0 Å². The van der Waals surface area contributed by atoms with Crippen molar-refractivity contribution in [1.29, 1.82) is 0 Å². The molecule has 1 fully saturated rings. The molecule has 1 aliphatic rings. The number of amides is 2. The van der Waals surface area contributed by atoms with Crippen LogP contribution in [0.3, 0.4) is 0 Å². The molecule has 0 heterocycles. The highest BCUT2D eigenvalue weighted by Crippen LogP contribution is 2.27. The molecule has 0 saturated heterocycles. The van der Waals surface area contributed by atoms with Crippen molar-refractivity contribution in [3.05, 3.63) is 59.7 Å². The Morgan fingerprint density at radius 3 is 2.30 bits per heavy atom. The van der Waals surface area contributed by atoms with Crippen LogP contribution in [0.4, 0.5) is 5.69 Å². The molecule has 2 aromatic carbocycles. The van der Waals surface area contributed by atoms with Crippen LogP contribution in [0.1, 0.15) is 59.7 Å². The standard InChI is InChI=1S/C24H28N2O3S/c1-17(27)19-12-6-8-14-21(19)25-24(29)20-13-7-9-15-22(20)30-16-23(28)26(2)18-10-4-3-5-11-18/h6-9,12-15,18H,3-5,10-11,16H2,1-2H3,(H,25,29). The highest BCUT2D eigenvalue weighted by molar-refractivity contribution is 8.00. The number of carbonyl (C=O) groups excluding carboxylic acids is 3. The Morgan fingerprint density at radius 1 is 0.967 bits per heavy atom. The van der Waals surface area contributed by atoms with Crippen LogP contribution in [-0.4, -0.2) is 41.3 Å². The minimum atomic E-state index is -0.292. The number of nitrogens with zero attached hydrogens (tertiary/aromatic N) is 1. The molecule has 2 aromatic rings. The first-order valence-corrected chi connectivity index (χ1v) is 11.3. The van der Waals surface area contributed by atoms with E-state index in [1.807, 2.05) is 24.1 Å². The molecule has 0 aromatic heterocycles. The van der Waals surface area contributed by atoms with Gasteiger partial charge in [-0.2, -0.15) is 0 Å². The topological polar surface area (TPSA) is 66.5 Å². The highest BCUT2D eigenvalue weighted by atomic mass is 32.2. The molecular weight excluding hydrogens is 396 g/mol. The molecular formula is C24H28N2O3S. The number of rotatable bonds is 7. The Labute approximate surface area is 182 Å². The van der Waals surface area contributed by atoms with Gasteiger partial charge in [-0.15, -0.1) is 11.8 Å². The van der Waals surface area contributed by atoms with E-state index in [4.69, 9.17) is 0 Å². The lowest BCUT2D eigenvalue weighted by Gasteiger charge is -2.31. The summed E-state index contributed by atoms with van der Waals surface area (Å²) in [5.74, 6) is -0.0183. The van der Waals surface area contributed by atoms with Crippen LogP contribution in [0.5, 0.6) is 0 Å². The fourth-order valence-electron chi connectivity index (χ4n) is 3.78. The summed E-state index contributed by atoms with van der Waals surface area (Å²) < 4.78 is 0. The number of anilines is 1. The smallest absolute Gasteiger partial charge is 0.256 e. The molecule has 3 rings (SSSR count). The molecule has 158 valence electrons. The zero-order valence-electron chi connectivity index (χ0n) is 17.5. The molecule has 30 heavy (non-hydrogen) atoms. The van der Waals surface area contributed by atoms with E-state index in [1.54, 1.807) is 36.4 Å². The minimum absolute atomic E-state index is 0.0871. The van der Waals surface area contributed by atoms with E-state index in [0.29, 0.717) is 28.6 Å². The summed E-state index contributed by atoms with van der Waals surface area (Å²) in [6, 6.07) is 14.5. The summed E-state index contributed by atoms with van der Waals surface area (Å²) in [5.41, 5.74) is 1.46. The molecule has 1 saturated carbocycles. The summed E-state index contributed by atoms with van der Waals surface area (Å²) in [7, 11) is 1.89. The zero-order valence-corrected chi connectivity index (χ0v) is 18.3. The molecule has 5 nitrogen and oxygen atoms in total. The van der Waals surface area contributed by atoms with Crippen molar-refractivity contribution < 1.29 is 14.4 Å². The van der Waals surface area contributed by atoms with Crippen LogP contribution in [0.2, 0.25) is 0 Å². The molecule has 0 aliphatic heterocycles. The van der Waals surface area contributed by atoms with Gasteiger partial charge in [0.05, 0.1) is 17.0 Å². The van der Waals surface area contributed by atoms with E-state index in [-0.39, 0.29) is 17.6 Å². The minimum Gasteiger partial charge on any atom is -0.342 e. The van der Waals surface area contributed by atoms with Crippen molar-refractivity contribution in [3.8, 4) is 0 Å². The Balaban J connectivity index is 1.68. The number of nitrogens with one attached hydrogen (secondary N) is 1. The van der Waals surface area contributed by atoms with Crippen LogP contribution in [0, 0.1) is 0 Å². The first-order valence-electron chi connectivity index (χ1n) is 10.4. The Bertz CT molecular complexity index is 922. The number of hydrogen-bond donors (Lipinski definition) is 1. The summed E-state index contributed by atoms with van der Waals surface area (Å²) in [6.07, 6.45) is 5.76. The van der Waals surface area contributed by atoms with Gasteiger partial charge >= 0.3 is 0 Å². The van der Waals surface area contributed by atoms with Gasteiger partial charge in [0.25, 0.3) is 5.91 Å². The maximum atomic E-state index is 12.9. The SMILES string of the molecule is CC(=O)c1ccccc1NC(=O)c1ccccc1SCC(=O)N(C)C1CCCCC1. The van der Waals surface area contributed by atoms with Crippen molar-refractivity contribution in [2.24, 2.45) is 0 Å². The van der Waals surface area contributed by atoms with Crippen molar-refractivity contribution >= 4 is 35.0 Å². The monoisotopic (exact) mass is 424 g/mol. The molecule has 0 spiro atoms. The lowest BCUT2D eigenvalue weighted by molar-refractivity contribution is -0.129. The van der Waals surface area contributed by atoms with E-state index in [0.717, 1.165) is 17.7 Å². The lowest BCUT2D eigenvalue weighted by Crippen LogP contribution is -2.39. The van der Waals surface area contributed by atoms with Crippen LogP contribution < -0.4 is 5.32 Å². The lowest BCUT2D eigenvalue weighted by atomic mass is 9.94. The number of carbonyl (C=O) groups is 3. The number of para-hydroxylation sites is 1. The highest BCUT2D eigenvalue weighted by Gasteiger charge is 2.22. The fourth-order valence-corrected chi connectivity index (χ4v) is 4.76. The third kappa shape index (κ3) is 5.51. The number of Topliss-reactive ketones (excluding diaryl/α,β-unsaturated/α-hetero) is 1. The summed E-state index contributed by atoms with van der Waals surface area (Å²) in [4.78, 5) is 40.0. The predicted molar refractivity (Wildman–Crippen MR) is 121 cm³/mol. The average Bonchev–Trinajstić information content (AvgIpc) is 2.78. The van der Waals surface area contributed by atoms with E-state index in [2.05, 4.69) is 5.32 Å². The Morgan fingerprint density at radius 2 is 1.60 bits per heavy atom. The van der Waals surface area contributed by atoms with Gasteiger partial charge in [-0.25, -0.2) is 0 Å². The average molecular weight is 425 g/mol. The quantitative estimate of drug-likeness (QED) is 0.500. The number of thioether (sulfide) groups is 1. The molecule has 0 unspecified atom stereocenters. The molecule has 2 amide bonds. The van der Waals surface area contributed by atoms with Crippen LogP contribution in [0.25, 0.3) is 0 Å². The van der Waals surface area contributed by atoms with Crippen molar-refractivity contribution in [2.75, 3.05) is 18.1 Å². The molecule has 0 radical (unpaired) electrons. The first kappa shape index (κ1) is 22.1. The summed E-state index contributed by atoms with van der Waals surface area (Å²) in [5, 5.41) is 2.84.